The van der Waals surface area contributed by atoms with Gasteiger partial charge < -0.3 is 9.80 Å². The number of carbonyl (C=O) groups excluding carboxylic acids is 2. The quantitative estimate of drug-likeness (QED) is 0.718. The Labute approximate surface area is 180 Å². The van der Waals surface area contributed by atoms with Crippen LogP contribution in [0.5, 0.6) is 0 Å². The molecule has 30 heavy (non-hydrogen) atoms. The van der Waals surface area contributed by atoms with Gasteiger partial charge in [-0.1, -0.05) is 42.5 Å². The van der Waals surface area contributed by atoms with Gasteiger partial charge in [0.05, 0.1) is 12.0 Å². The summed E-state index contributed by atoms with van der Waals surface area (Å²) in [6.45, 7) is 4.51. The number of piperidine rings is 2. The Morgan fingerprint density at radius 3 is 2.63 bits per heavy atom. The number of carbonyl (C=O) groups is 2. The van der Waals surface area contributed by atoms with Crippen LogP contribution in [0.4, 0.5) is 0 Å². The molecule has 2 fully saturated rings. The molecule has 2 saturated heterocycles. The SMILES string of the molecule is CN1CC=CCC2(CCCN(C(=O)CN3CCC(Cc4ccccc4)CC3)C2)C1=O. The second-order valence-electron chi connectivity index (χ2n) is 9.47. The van der Waals surface area contributed by atoms with E-state index >= 15 is 0 Å². The van der Waals surface area contributed by atoms with Crippen LogP contribution in [0.25, 0.3) is 0 Å². The molecule has 0 radical (unpaired) electrons. The highest BCUT2D eigenvalue weighted by Gasteiger charge is 2.44. The molecule has 3 aliphatic rings. The van der Waals surface area contributed by atoms with E-state index in [9.17, 15) is 9.59 Å². The lowest BCUT2D eigenvalue weighted by atomic mass is 9.76. The molecule has 1 spiro atoms. The molecule has 5 nitrogen and oxygen atoms in total. The fraction of sp³-hybridized carbons (Fsp3) is 0.600. The Morgan fingerprint density at radius 2 is 1.87 bits per heavy atom. The van der Waals surface area contributed by atoms with Gasteiger partial charge in [0.2, 0.25) is 11.8 Å². The van der Waals surface area contributed by atoms with E-state index in [0.29, 0.717) is 25.6 Å². The molecule has 0 N–H and O–H groups in total. The maximum absolute atomic E-state index is 13.1. The van der Waals surface area contributed by atoms with Gasteiger partial charge in [0.15, 0.2) is 0 Å². The lowest BCUT2D eigenvalue weighted by Crippen LogP contribution is -2.54. The number of amides is 2. The van der Waals surface area contributed by atoms with Crippen LogP contribution >= 0.6 is 0 Å². The fourth-order valence-electron chi connectivity index (χ4n) is 5.39. The summed E-state index contributed by atoms with van der Waals surface area (Å²) < 4.78 is 0. The van der Waals surface area contributed by atoms with Crippen molar-refractivity contribution in [2.24, 2.45) is 11.3 Å². The largest absolute Gasteiger partial charge is 0.341 e. The molecule has 3 aliphatic heterocycles. The Morgan fingerprint density at radius 1 is 1.10 bits per heavy atom. The third kappa shape index (κ3) is 4.77. The number of allylic oxidation sites excluding steroid dienone is 1. The molecular formula is C25H35N3O2. The van der Waals surface area contributed by atoms with Crippen molar-refractivity contribution in [2.75, 3.05) is 46.3 Å². The van der Waals surface area contributed by atoms with Gasteiger partial charge in [-0.2, -0.15) is 0 Å². The van der Waals surface area contributed by atoms with Crippen LogP contribution in [0.1, 0.15) is 37.7 Å². The molecule has 0 saturated carbocycles. The van der Waals surface area contributed by atoms with Gasteiger partial charge in [-0.05, 0) is 63.1 Å². The molecule has 1 atom stereocenters. The van der Waals surface area contributed by atoms with Crippen molar-refractivity contribution >= 4 is 11.8 Å². The third-order valence-corrected chi connectivity index (χ3v) is 7.22. The highest BCUT2D eigenvalue weighted by Crippen LogP contribution is 2.37. The summed E-state index contributed by atoms with van der Waals surface area (Å²) in [5.74, 6) is 1.11. The molecule has 4 rings (SSSR count). The zero-order chi connectivity index (χ0) is 21.0. The Kier molecular flexibility index (Phi) is 6.57. The molecular weight excluding hydrogens is 374 g/mol. The molecule has 5 heteroatoms. The van der Waals surface area contributed by atoms with E-state index in [0.717, 1.165) is 58.2 Å². The summed E-state index contributed by atoms with van der Waals surface area (Å²) in [6, 6.07) is 10.7. The van der Waals surface area contributed by atoms with Crippen LogP contribution < -0.4 is 0 Å². The highest BCUT2D eigenvalue weighted by molar-refractivity contribution is 5.85. The van der Waals surface area contributed by atoms with E-state index in [4.69, 9.17) is 0 Å². The minimum atomic E-state index is -0.418. The number of hydrogen-bond acceptors (Lipinski definition) is 3. The Balaban J connectivity index is 1.29. The first-order chi connectivity index (χ1) is 14.6. The predicted octanol–water partition coefficient (Wildman–Crippen LogP) is 2.97. The van der Waals surface area contributed by atoms with Crippen molar-refractivity contribution in [2.45, 2.75) is 38.5 Å². The van der Waals surface area contributed by atoms with Crippen molar-refractivity contribution in [1.29, 1.82) is 0 Å². The lowest BCUT2D eigenvalue weighted by Gasteiger charge is -2.43. The fourth-order valence-corrected chi connectivity index (χ4v) is 5.39. The van der Waals surface area contributed by atoms with Gasteiger partial charge in [-0.3, -0.25) is 14.5 Å². The van der Waals surface area contributed by atoms with E-state index in [2.05, 4.69) is 47.4 Å². The van der Waals surface area contributed by atoms with E-state index in [1.165, 1.54) is 5.56 Å². The second-order valence-corrected chi connectivity index (χ2v) is 9.47. The molecule has 3 heterocycles. The first-order valence-electron chi connectivity index (χ1n) is 11.5. The van der Waals surface area contributed by atoms with Gasteiger partial charge in [0.25, 0.3) is 0 Å². The van der Waals surface area contributed by atoms with Gasteiger partial charge >= 0.3 is 0 Å². The summed E-state index contributed by atoms with van der Waals surface area (Å²) in [5, 5.41) is 0. The zero-order valence-electron chi connectivity index (χ0n) is 18.3. The third-order valence-electron chi connectivity index (χ3n) is 7.22. The molecule has 0 bridgehead atoms. The summed E-state index contributed by atoms with van der Waals surface area (Å²) >= 11 is 0. The van der Waals surface area contributed by atoms with Gasteiger partial charge in [0.1, 0.15) is 0 Å². The molecule has 0 aromatic heterocycles. The number of nitrogens with zero attached hydrogens (tertiary/aromatic N) is 3. The first kappa shape index (κ1) is 21.1. The average molecular weight is 410 g/mol. The molecule has 1 unspecified atom stereocenters. The van der Waals surface area contributed by atoms with Crippen molar-refractivity contribution in [1.82, 2.24) is 14.7 Å². The Hall–Kier alpha value is -2.14. The zero-order valence-corrected chi connectivity index (χ0v) is 18.3. The minimum absolute atomic E-state index is 0.194. The normalized spacial score (nSPS) is 26.2. The van der Waals surface area contributed by atoms with Crippen LogP contribution in [0.3, 0.4) is 0 Å². The number of hydrogen-bond donors (Lipinski definition) is 0. The minimum Gasteiger partial charge on any atom is -0.341 e. The van der Waals surface area contributed by atoms with Crippen molar-refractivity contribution in [3.8, 4) is 0 Å². The summed E-state index contributed by atoms with van der Waals surface area (Å²) in [5.41, 5.74) is 0.996. The van der Waals surface area contributed by atoms with Gasteiger partial charge in [-0.25, -0.2) is 0 Å². The van der Waals surface area contributed by atoms with Crippen LogP contribution in [-0.4, -0.2) is 72.8 Å². The molecule has 2 amide bonds. The average Bonchev–Trinajstić information content (AvgIpc) is 2.90. The van der Waals surface area contributed by atoms with E-state index in [1.807, 2.05) is 16.8 Å². The maximum Gasteiger partial charge on any atom is 0.236 e. The van der Waals surface area contributed by atoms with Gasteiger partial charge in [0, 0.05) is 26.7 Å². The number of benzene rings is 1. The summed E-state index contributed by atoms with van der Waals surface area (Å²) in [4.78, 5) is 32.2. The predicted molar refractivity (Wildman–Crippen MR) is 119 cm³/mol. The smallest absolute Gasteiger partial charge is 0.236 e. The van der Waals surface area contributed by atoms with Crippen LogP contribution in [0.15, 0.2) is 42.5 Å². The molecule has 162 valence electrons. The monoisotopic (exact) mass is 409 g/mol. The first-order valence-corrected chi connectivity index (χ1v) is 11.5. The van der Waals surface area contributed by atoms with Crippen molar-refractivity contribution in [3.63, 3.8) is 0 Å². The van der Waals surface area contributed by atoms with E-state index in [-0.39, 0.29) is 11.8 Å². The lowest BCUT2D eigenvalue weighted by molar-refractivity contribution is -0.147. The standard InChI is InChI=1S/C25H35N3O2/c1-26-14-6-5-12-25(24(26)30)13-7-15-28(20-25)23(29)19-27-16-10-22(11-17-27)18-21-8-3-2-4-9-21/h2-6,8-9,22H,7,10-20H2,1H3. The Bertz CT molecular complexity index is 770. The highest BCUT2D eigenvalue weighted by atomic mass is 16.2. The number of likely N-dealkylation sites (tertiary alicyclic amines) is 2. The number of likely N-dealkylation sites (N-methyl/N-ethyl adjacent to an activating group) is 1. The molecule has 1 aromatic carbocycles. The molecule has 0 aliphatic carbocycles. The van der Waals surface area contributed by atoms with Crippen molar-refractivity contribution in [3.05, 3.63) is 48.0 Å². The van der Waals surface area contributed by atoms with Crippen molar-refractivity contribution < 1.29 is 9.59 Å². The van der Waals surface area contributed by atoms with Crippen LogP contribution in [0.2, 0.25) is 0 Å². The topological polar surface area (TPSA) is 43.9 Å². The summed E-state index contributed by atoms with van der Waals surface area (Å²) in [7, 11) is 1.88. The van der Waals surface area contributed by atoms with E-state index in [1.54, 1.807) is 0 Å². The van der Waals surface area contributed by atoms with Crippen LogP contribution in [0, 0.1) is 11.3 Å². The van der Waals surface area contributed by atoms with Crippen LogP contribution in [-0.2, 0) is 16.0 Å². The second kappa shape index (κ2) is 9.34. The maximum atomic E-state index is 13.1. The van der Waals surface area contributed by atoms with Gasteiger partial charge in [-0.15, -0.1) is 0 Å². The molecule has 1 aromatic rings. The van der Waals surface area contributed by atoms with E-state index < -0.39 is 5.41 Å². The number of rotatable bonds is 4. The summed E-state index contributed by atoms with van der Waals surface area (Å²) in [6.07, 6.45) is 10.2.